The van der Waals surface area contributed by atoms with E-state index in [1.165, 1.54) is 0 Å². The molecular weight excluding hydrogens is 310 g/mol. The molecule has 24 heavy (non-hydrogen) atoms. The monoisotopic (exact) mass is 341 g/mol. The lowest BCUT2D eigenvalue weighted by Crippen LogP contribution is -2.51. The van der Waals surface area contributed by atoms with E-state index in [2.05, 4.69) is 4.90 Å². The molecule has 2 fully saturated rings. The largest absolute Gasteiger partial charge is 0.480 e. The average molecular weight is 341 g/mol. The maximum Gasteiger partial charge on any atom is 0.410 e. The van der Waals surface area contributed by atoms with Gasteiger partial charge in [0.1, 0.15) is 5.60 Å². The Hall–Kier alpha value is -1.34. The van der Waals surface area contributed by atoms with Gasteiger partial charge in [-0.25, -0.2) is 4.79 Å². The Balaban J connectivity index is 1.67. The lowest BCUT2D eigenvalue weighted by atomic mass is 9.96. The molecule has 0 aromatic heterocycles. The quantitative estimate of drug-likeness (QED) is 0.832. The molecule has 0 aromatic carbocycles. The number of carboxylic acids is 1. The van der Waals surface area contributed by atoms with Gasteiger partial charge in [0, 0.05) is 32.7 Å². The number of piperidine rings is 1. The fourth-order valence-electron chi connectivity index (χ4n) is 3.32. The predicted molar refractivity (Wildman–Crippen MR) is 91.0 cm³/mol. The number of rotatable bonds is 4. The van der Waals surface area contributed by atoms with Crippen molar-refractivity contribution < 1.29 is 19.4 Å². The van der Waals surface area contributed by atoms with Gasteiger partial charge >= 0.3 is 12.1 Å². The van der Waals surface area contributed by atoms with Crippen molar-refractivity contribution in [1.82, 2.24) is 14.7 Å². The number of carbonyl (C=O) groups is 2. The first-order valence-electron chi connectivity index (χ1n) is 8.87. The Morgan fingerprint density at radius 1 is 1.00 bits per heavy atom. The van der Waals surface area contributed by atoms with Crippen LogP contribution in [0.15, 0.2) is 0 Å². The summed E-state index contributed by atoms with van der Waals surface area (Å²) in [6.45, 7) is 11.8. The first kappa shape index (κ1) is 19.0. The summed E-state index contributed by atoms with van der Waals surface area (Å²) in [5.41, 5.74) is -0.446. The van der Waals surface area contributed by atoms with Gasteiger partial charge in [-0.1, -0.05) is 0 Å². The van der Waals surface area contributed by atoms with Crippen LogP contribution < -0.4 is 0 Å². The third kappa shape index (κ3) is 6.28. The minimum atomic E-state index is -0.744. The summed E-state index contributed by atoms with van der Waals surface area (Å²) in [5, 5.41) is 8.84. The highest BCUT2D eigenvalue weighted by molar-refractivity contribution is 5.69. The van der Waals surface area contributed by atoms with Crippen LogP contribution in [0, 0.1) is 5.92 Å². The van der Waals surface area contributed by atoms with Crippen molar-refractivity contribution in [2.24, 2.45) is 5.92 Å². The smallest absolute Gasteiger partial charge is 0.410 e. The standard InChI is InChI=1S/C17H31N3O4/c1-17(2,3)24-16(23)20-10-8-19(9-11-20)12-14-4-6-18(7-5-14)13-15(21)22/h14H,4-13H2,1-3H3,(H,21,22). The Labute approximate surface area is 144 Å². The number of carbonyl (C=O) groups excluding carboxylic acids is 1. The number of hydrogen-bond donors (Lipinski definition) is 1. The van der Waals surface area contributed by atoms with E-state index in [9.17, 15) is 9.59 Å². The summed E-state index contributed by atoms with van der Waals surface area (Å²) in [6, 6.07) is 0. The fraction of sp³-hybridized carbons (Fsp3) is 0.882. The molecule has 1 amide bonds. The van der Waals surface area contributed by atoms with E-state index in [1.807, 2.05) is 25.7 Å². The summed E-state index contributed by atoms with van der Waals surface area (Å²) in [5.74, 6) is -0.116. The summed E-state index contributed by atoms with van der Waals surface area (Å²) < 4.78 is 5.42. The molecular formula is C17H31N3O4. The van der Waals surface area contributed by atoms with E-state index >= 15 is 0 Å². The number of likely N-dealkylation sites (tertiary alicyclic amines) is 1. The lowest BCUT2D eigenvalue weighted by molar-refractivity contribution is -0.138. The van der Waals surface area contributed by atoms with Gasteiger partial charge in [0.15, 0.2) is 0 Å². The van der Waals surface area contributed by atoms with Gasteiger partial charge in [0.05, 0.1) is 6.54 Å². The van der Waals surface area contributed by atoms with Gasteiger partial charge < -0.3 is 14.7 Å². The number of aliphatic carboxylic acids is 1. The normalized spacial score (nSPS) is 21.7. The number of ether oxygens (including phenoxy) is 1. The van der Waals surface area contributed by atoms with Crippen molar-refractivity contribution in [1.29, 1.82) is 0 Å². The SMILES string of the molecule is CC(C)(C)OC(=O)N1CCN(CC2CCN(CC(=O)O)CC2)CC1. The molecule has 0 radical (unpaired) electrons. The van der Waals surface area contributed by atoms with Crippen molar-refractivity contribution in [3.8, 4) is 0 Å². The predicted octanol–water partition coefficient (Wildman–Crippen LogP) is 1.34. The van der Waals surface area contributed by atoms with E-state index < -0.39 is 11.6 Å². The van der Waals surface area contributed by atoms with Gasteiger partial charge in [-0.15, -0.1) is 0 Å². The molecule has 1 N–H and O–H groups in total. The molecule has 2 aliphatic rings. The molecule has 2 heterocycles. The highest BCUT2D eigenvalue weighted by Crippen LogP contribution is 2.19. The molecule has 7 nitrogen and oxygen atoms in total. The van der Waals surface area contributed by atoms with E-state index in [1.54, 1.807) is 4.90 Å². The van der Waals surface area contributed by atoms with Crippen LogP contribution in [0.4, 0.5) is 4.79 Å². The topological polar surface area (TPSA) is 73.3 Å². The first-order chi connectivity index (χ1) is 11.2. The van der Waals surface area contributed by atoms with Crippen LogP contribution in [0.1, 0.15) is 33.6 Å². The highest BCUT2D eigenvalue weighted by Gasteiger charge is 2.28. The molecule has 0 aliphatic carbocycles. The minimum Gasteiger partial charge on any atom is -0.480 e. The van der Waals surface area contributed by atoms with Crippen molar-refractivity contribution in [2.45, 2.75) is 39.2 Å². The minimum absolute atomic E-state index is 0.154. The summed E-state index contributed by atoms with van der Waals surface area (Å²) in [7, 11) is 0. The summed E-state index contributed by atoms with van der Waals surface area (Å²) >= 11 is 0. The zero-order valence-electron chi connectivity index (χ0n) is 15.2. The Morgan fingerprint density at radius 3 is 2.08 bits per heavy atom. The van der Waals surface area contributed by atoms with E-state index in [0.29, 0.717) is 19.0 Å². The van der Waals surface area contributed by atoms with Crippen LogP contribution in [-0.2, 0) is 9.53 Å². The molecule has 2 saturated heterocycles. The molecule has 138 valence electrons. The molecule has 0 aromatic rings. The third-order valence-corrected chi connectivity index (χ3v) is 4.61. The van der Waals surface area contributed by atoms with Gasteiger partial charge in [-0.2, -0.15) is 0 Å². The molecule has 0 saturated carbocycles. The molecule has 0 unspecified atom stereocenters. The second-order valence-electron chi connectivity index (χ2n) is 7.88. The molecule has 2 rings (SSSR count). The van der Waals surface area contributed by atoms with Gasteiger partial charge in [0.2, 0.25) is 0 Å². The lowest BCUT2D eigenvalue weighted by Gasteiger charge is -2.38. The van der Waals surface area contributed by atoms with Crippen LogP contribution in [-0.4, -0.2) is 89.8 Å². The molecule has 0 spiro atoms. The van der Waals surface area contributed by atoms with Gasteiger partial charge in [-0.3, -0.25) is 14.6 Å². The fourth-order valence-corrected chi connectivity index (χ4v) is 3.32. The second-order valence-corrected chi connectivity index (χ2v) is 7.88. The second kappa shape index (κ2) is 8.16. The van der Waals surface area contributed by atoms with E-state index in [-0.39, 0.29) is 12.6 Å². The Kier molecular flexibility index (Phi) is 6.46. The molecule has 0 bridgehead atoms. The first-order valence-corrected chi connectivity index (χ1v) is 8.87. The number of amides is 1. The maximum atomic E-state index is 12.1. The van der Waals surface area contributed by atoms with Gasteiger partial charge in [0.25, 0.3) is 0 Å². The van der Waals surface area contributed by atoms with Crippen molar-refractivity contribution in [3.63, 3.8) is 0 Å². The van der Waals surface area contributed by atoms with Gasteiger partial charge in [-0.05, 0) is 52.6 Å². The van der Waals surface area contributed by atoms with E-state index in [4.69, 9.17) is 9.84 Å². The van der Waals surface area contributed by atoms with Crippen LogP contribution in [0.25, 0.3) is 0 Å². The number of carboxylic acid groups (broad SMARTS) is 1. The zero-order chi connectivity index (χ0) is 17.7. The Morgan fingerprint density at radius 2 is 1.58 bits per heavy atom. The van der Waals surface area contributed by atoms with Crippen LogP contribution in [0.3, 0.4) is 0 Å². The molecule has 7 heteroatoms. The van der Waals surface area contributed by atoms with Crippen LogP contribution in [0.2, 0.25) is 0 Å². The van der Waals surface area contributed by atoms with E-state index in [0.717, 1.165) is 45.6 Å². The summed E-state index contributed by atoms with van der Waals surface area (Å²) in [4.78, 5) is 29.0. The highest BCUT2D eigenvalue weighted by atomic mass is 16.6. The Bertz CT molecular complexity index is 434. The number of hydrogen-bond acceptors (Lipinski definition) is 5. The average Bonchev–Trinajstić information content (AvgIpc) is 2.48. The van der Waals surface area contributed by atoms with Crippen molar-refractivity contribution in [2.75, 3.05) is 52.4 Å². The maximum absolute atomic E-state index is 12.1. The third-order valence-electron chi connectivity index (χ3n) is 4.61. The van der Waals surface area contributed by atoms with Crippen molar-refractivity contribution >= 4 is 12.1 Å². The molecule has 0 atom stereocenters. The zero-order valence-corrected chi connectivity index (χ0v) is 15.2. The van der Waals surface area contributed by atoms with Crippen LogP contribution in [0.5, 0.6) is 0 Å². The number of nitrogens with zero attached hydrogens (tertiary/aromatic N) is 3. The molecule has 2 aliphatic heterocycles. The van der Waals surface area contributed by atoms with Crippen LogP contribution >= 0.6 is 0 Å². The van der Waals surface area contributed by atoms with Crippen molar-refractivity contribution in [3.05, 3.63) is 0 Å². The summed E-state index contributed by atoms with van der Waals surface area (Å²) in [6.07, 6.45) is 1.89. The number of piperazine rings is 1.